The first-order valence-corrected chi connectivity index (χ1v) is 5.76. The van der Waals surface area contributed by atoms with Crippen LogP contribution in [-0.2, 0) is 0 Å². The molecule has 1 aromatic carbocycles. The summed E-state index contributed by atoms with van der Waals surface area (Å²) < 4.78 is 0. The van der Waals surface area contributed by atoms with Crippen LogP contribution < -0.4 is 5.32 Å². The molecule has 0 aliphatic carbocycles. The number of rotatable bonds is 3. The highest BCUT2D eigenvalue weighted by Crippen LogP contribution is 2.18. The Balaban J connectivity index is 2.22. The maximum Gasteiger partial charge on any atom is 0.335 e. The van der Waals surface area contributed by atoms with E-state index >= 15 is 0 Å². The monoisotopic (exact) mass is 272 g/mol. The van der Waals surface area contributed by atoms with Gasteiger partial charge in [0, 0.05) is 11.9 Å². The van der Waals surface area contributed by atoms with Crippen LogP contribution in [0.2, 0.25) is 0 Å². The molecule has 0 unspecified atom stereocenters. The van der Waals surface area contributed by atoms with Gasteiger partial charge < -0.3 is 15.5 Å². The highest BCUT2D eigenvalue weighted by atomic mass is 16.4. The van der Waals surface area contributed by atoms with Crippen LogP contribution in [0.5, 0.6) is 5.75 Å². The van der Waals surface area contributed by atoms with Gasteiger partial charge in [0.15, 0.2) is 0 Å². The fraction of sp³-hybridized carbons (Fsp3) is 0.0714. The van der Waals surface area contributed by atoms with Crippen LogP contribution >= 0.6 is 0 Å². The van der Waals surface area contributed by atoms with Crippen molar-refractivity contribution in [2.45, 2.75) is 6.92 Å². The molecule has 0 fully saturated rings. The Morgan fingerprint density at radius 2 is 1.90 bits per heavy atom. The molecule has 1 amide bonds. The Hall–Kier alpha value is -2.89. The summed E-state index contributed by atoms with van der Waals surface area (Å²) in [7, 11) is 0. The second-order valence-electron chi connectivity index (χ2n) is 4.22. The highest BCUT2D eigenvalue weighted by Gasteiger charge is 2.10. The SMILES string of the molecule is Cc1cc(C(=O)O)ccc1NC(=O)c1cncc(O)c1. The first-order valence-electron chi connectivity index (χ1n) is 5.76. The van der Waals surface area contributed by atoms with Gasteiger partial charge in [-0.2, -0.15) is 0 Å². The van der Waals surface area contributed by atoms with Crippen molar-refractivity contribution < 1.29 is 19.8 Å². The lowest BCUT2D eigenvalue weighted by molar-refractivity contribution is 0.0696. The molecule has 1 heterocycles. The van der Waals surface area contributed by atoms with E-state index in [1.54, 1.807) is 6.92 Å². The Morgan fingerprint density at radius 3 is 2.50 bits per heavy atom. The second-order valence-corrected chi connectivity index (χ2v) is 4.22. The van der Waals surface area contributed by atoms with Gasteiger partial charge in [0.1, 0.15) is 5.75 Å². The van der Waals surface area contributed by atoms with E-state index in [0.29, 0.717) is 11.3 Å². The topological polar surface area (TPSA) is 99.5 Å². The number of aromatic carboxylic acids is 1. The number of amides is 1. The molecule has 6 heteroatoms. The Kier molecular flexibility index (Phi) is 3.65. The lowest BCUT2D eigenvalue weighted by atomic mass is 10.1. The summed E-state index contributed by atoms with van der Waals surface area (Å²) in [4.78, 5) is 26.5. The molecule has 102 valence electrons. The van der Waals surface area contributed by atoms with Crippen molar-refractivity contribution in [3.8, 4) is 5.75 Å². The number of aromatic hydroxyl groups is 1. The molecule has 2 rings (SSSR count). The third-order valence-electron chi connectivity index (χ3n) is 2.71. The Bertz CT molecular complexity index is 683. The van der Waals surface area contributed by atoms with Crippen molar-refractivity contribution in [3.63, 3.8) is 0 Å². The number of anilines is 1. The van der Waals surface area contributed by atoms with Crippen LogP contribution in [-0.4, -0.2) is 27.1 Å². The average molecular weight is 272 g/mol. The zero-order valence-electron chi connectivity index (χ0n) is 10.6. The fourth-order valence-corrected chi connectivity index (χ4v) is 1.68. The number of nitrogens with one attached hydrogen (secondary N) is 1. The van der Waals surface area contributed by atoms with Crippen molar-refractivity contribution in [3.05, 3.63) is 53.3 Å². The number of carboxylic acids is 1. The van der Waals surface area contributed by atoms with Gasteiger partial charge in [-0.15, -0.1) is 0 Å². The molecule has 3 N–H and O–H groups in total. The zero-order valence-corrected chi connectivity index (χ0v) is 10.6. The van der Waals surface area contributed by atoms with E-state index in [9.17, 15) is 14.7 Å². The van der Waals surface area contributed by atoms with Crippen molar-refractivity contribution >= 4 is 17.6 Å². The van der Waals surface area contributed by atoms with Crippen LogP contribution in [0.15, 0.2) is 36.7 Å². The molecule has 0 bridgehead atoms. The van der Waals surface area contributed by atoms with Gasteiger partial charge in [-0.05, 0) is 36.8 Å². The van der Waals surface area contributed by atoms with Crippen LogP contribution in [0.1, 0.15) is 26.3 Å². The fourth-order valence-electron chi connectivity index (χ4n) is 1.68. The molecule has 0 atom stereocenters. The van der Waals surface area contributed by atoms with Gasteiger partial charge in [0.25, 0.3) is 5.91 Å². The lowest BCUT2D eigenvalue weighted by Crippen LogP contribution is -2.13. The molecule has 0 aliphatic rings. The van der Waals surface area contributed by atoms with Crippen molar-refractivity contribution in [1.29, 1.82) is 0 Å². The quantitative estimate of drug-likeness (QED) is 0.794. The molecule has 0 saturated heterocycles. The molecule has 20 heavy (non-hydrogen) atoms. The van der Waals surface area contributed by atoms with E-state index in [2.05, 4.69) is 10.3 Å². The van der Waals surface area contributed by atoms with E-state index in [4.69, 9.17) is 5.11 Å². The molecule has 0 spiro atoms. The number of benzene rings is 1. The van der Waals surface area contributed by atoms with Crippen molar-refractivity contribution in [2.75, 3.05) is 5.32 Å². The molecular formula is C14H12N2O4. The highest BCUT2D eigenvalue weighted by molar-refractivity contribution is 6.04. The van der Waals surface area contributed by atoms with Crippen LogP contribution in [0.3, 0.4) is 0 Å². The van der Waals surface area contributed by atoms with E-state index in [0.717, 1.165) is 0 Å². The Labute approximate surface area is 114 Å². The molecule has 0 radical (unpaired) electrons. The average Bonchev–Trinajstić information content (AvgIpc) is 2.40. The van der Waals surface area contributed by atoms with E-state index in [-0.39, 0.29) is 16.9 Å². The standard InChI is InChI=1S/C14H12N2O4/c1-8-4-9(14(19)20)2-3-12(8)16-13(18)10-5-11(17)7-15-6-10/h2-7,17H,1H3,(H,16,18)(H,19,20). The first-order chi connectivity index (χ1) is 9.47. The number of hydrogen-bond donors (Lipinski definition) is 3. The number of aromatic nitrogens is 1. The van der Waals surface area contributed by atoms with Gasteiger partial charge in [0.2, 0.25) is 0 Å². The minimum atomic E-state index is -1.02. The number of aryl methyl sites for hydroxylation is 1. The summed E-state index contributed by atoms with van der Waals surface area (Å²) in [5, 5.41) is 20.8. The molecule has 2 aromatic rings. The van der Waals surface area contributed by atoms with Gasteiger partial charge in [-0.25, -0.2) is 4.79 Å². The molecule has 1 aromatic heterocycles. The number of carboxylic acid groups (broad SMARTS) is 1. The minimum Gasteiger partial charge on any atom is -0.506 e. The summed E-state index contributed by atoms with van der Waals surface area (Å²) in [6, 6.07) is 5.69. The number of pyridine rings is 1. The molecule has 0 saturated carbocycles. The largest absolute Gasteiger partial charge is 0.506 e. The smallest absolute Gasteiger partial charge is 0.335 e. The summed E-state index contributed by atoms with van der Waals surface area (Å²) in [5.41, 5.74) is 1.50. The maximum atomic E-state index is 12.0. The predicted octanol–water partition coefficient (Wildman–Crippen LogP) is 2.05. The third-order valence-corrected chi connectivity index (χ3v) is 2.71. The van der Waals surface area contributed by atoms with Gasteiger partial charge >= 0.3 is 5.97 Å². The maximum absolute atomic E-state index is 12.0. The third kappa shape index (κ3) is 2.92. The summed E-state index contributed by atoms with van der Waals surface area (Å²) in [6.45, 7) is 1.70. The minimum absolute atomic E-state index is 0.101. The van der Waals surface area contributed by atoms with Gasteiger partial charge in [-0.1, -0.05) is 0 Å². The zero-order chi connectivity index (χ0) is 14.7. The second kappa shape index (κ2) is 5.40. The van der Waals surface area contributed by atoms with Crippen LogP contribution in [0, 0.1) is 6.92 Å². The van der Waals surface area contributed by atoms with E-state index in [1.807, 2.05) is 0 Å². The van der Waals surface area contributed by atoms with Crippen LogP contribution in [0.4, 0.5) is 5.69 Å². The summed E-state index contributed by atoms with van der Waals surface area (Å²) >= 11 is 0. The Morgan fingerprint density at radius 1 is 1.15 bits per heavy atom. The number of nitrogens with zero attached hydrogens (tertiary/aromatic N) is 1. The van der Waals surface area contributed by atoms with Gasteiger partial charge in [-0.3, -0.25) is 9.78 Å². The first kappa shape index (κ1) is 13.5. The number of carbonyl (C=O) groups is 2. The lowest BCUT2D eigenvalue weighted by Gasteiger charge is -2.09. The van der Waals surface area contributed by atoms with Crippen molar-refractivity contribution in [1.82, 2.24) is 4.98 Å². The van der Waals surface area contributed by atoms with E-state index in [1.165, 1.54) is 36.7 Å². The predicted molar refractivity (Wildman–Crippen MR) is 72.0 cm³/mol. The molecule has 6 nitrogen and oxygen atoms in total. The van der Waals surface area contributed by atoms with Crippen LogP contribution in [0.25, 0.3) is 0 Å². The molecular weight excluding hydrogens is 260 g/mol. The number of carbonyl (C=O) groups excluding carboxylic acids is 1. The summed E-state index contributed by atoms with van der Waals surface area (Å²) in [5.74, 6) is -1.56. The van der Waals surface area contributed by atoms with E-state index < -0.39 is 11.9 Å². The molecule has 0 aliphatic heterocycles. The van der Waals surface area contributed by atoms with Gasteiger partial charge in [0.05, 0.1) is 17.3 Å². The number of hydrogen-bond acceptors (Lipinski definition) is 4. The van der Waals surface area contributed by atoms with Crippen molar-refractivity contribution in [2.24, 2.45) is 0 Å². The summed E-state index contributed by atoms with van der Waals surface area (Å²) in [6.07, 6.45) is 2.56. The normalized spacial score (nSPS) is 10.1.